The van der Waals surface area contributed by atoms with E-state index < -0.39 is 0 Å². The van der Waals surface area contributed by atoms with Gasteiger partial charge >= 0.3 is 0 Å². The predicted molar refractivity (Wildman–Crippen MR) is 101 cm³/mol. The van der Waals surface area contributed by atoms with Gasteiger partial charge in [-0.1, -0.05) is 38.5 Å². The van der Waals surface area contributed by atoms with Gasteiger partial charge in [0.25, 0.3) is 0 Å². The molecule has 6 nitrogen and oxygen atoms in total. The lowest BCUT2D eigenvalue weighted by molar-refractivity contribution is 0.0355. The Kier molecular flexibility index (Phi) is 10.9. The molecule has 0 aromatic heterocycles. The molecule has 0 bridgehead atoms. The Hall–Kier alpha value is -0.850. The van der Waals surface area contributed by atoms with Crippen molar-refractivity contribution >= 4 is 5.96 Å². The number of aliphatic imine (C=N–C) groups is 1. The normalized spacial score (nSPS) is 19.6. The summed E-state index contributed by atoms with van der Waals surface area (Å²) in [5.74, 6) is 0.971. The Bertz CT molecular complexity index is 332. The third kappa shape index (κ3) is 9.42. The molecule has 3 N–H and O–H groups in total. The minimum absolute atomic E-state index is 0.0628. The van der Waals surface area contributed by atoms with E-state index in [1.165, 1.54) is 64.2 Å². The van der Waals surface area contributed by atoms with Gasteiger partial charge in [0.2, 0.25) is 0 Å². The topological polar surface area (TPSA) is 75.1 Å². The Morgan fingerprint density at radius 1 is 0.760 bits per heavy atom. The molecule has 0 amide bonds. The Balaban J connectivity index is 1.69. The second-order valence-corrected chi connectivity index (χ2v) is 7.14. The van der Waals surface area contributed by atoms with Gasteiger partial charge in [0, 0.05) is 12.1 Å². The molecule has 0 aromatic carbocycles. The highest BCUT2D eigenvalue weighted by Crippen LogP contribution is 2.19. The lowest BCUT2D eigenvalue weighted by Gasteiger charge is -2.29. The zero-order chi connectivity index (χ0) is 17.6. The molecular formula is C19H37N3O3. The van der Waals surface area contributed by atoms with E-state index in [4.69, 9.17) is 19.6 Å². The summed E-state index contributed by atoms with van der Waals surface area (Å²) in [7, 11) is 0. The fourth-order valence-corrected chi connectivity index (χ4v) is 3.62. The molecule has 146 valence electrons. The summed E-state index contributed by atoms with van der Waals surface area (Å²) < 4.78 is 10.7. The van der Waals surface area contributed by atoms with E-state index in [1.807, 2.05) is 0 Å². The third-order valence-electron chi connectivity index (χ3n) is 5.01. The van der Waals surface area contributed by atoms with Gasteiger partial charge < -0.3 is 25.2 Å². The molecule has 6 heteroatoms. The van der Waals surface area contributed by atoms with Crippen molar-refractivity contribution in [3.63, 3.8) is 0 Å². The maximum atomic E-state index is 8.64. The lowest BCUT2D eigenvalue weighted by atomic mass is 9.95. The monoisotopic (exact) mass is 355 g/mol. The summed E-state index contributed by atoms with van der Waals surface area (Å²) in [6, 6.07) is 1.13. The summed E-state index contributed by atoms with van der Waals surface area (Å²) in [5.41, 5.74) is 0. The molecule has 2 fully saturated rings. The fourth-order valence-electron chi connectivity index (χ4n) is 3.62. The first-order valence-corrected chi connectivity index (χ1v) is 10.2. The molecule has 0 radical (unpaired) electrons. The number of rotatable bonds is 10. The summed E-state index contributed by atoms with van der Waals surface area (Å²) in [6.45, 7) is 2.78. The van der Waals surface area contributed by atoms with Gasteiger partial charge in [-0.15, -0.1) is 0 Å². The second kappa shape index (κ2) is 13.4. The standard InChI is InChI=1S/C19H37N3O3/c23-12-14-25-16-15-24-13-11-20-19(21-17-7-3-1-4-8-17)22-18-9-5-2-6-10-18/h17-18,23H,1-16H2,(H2,20,21,22). The minimum atomic E-state index is 0.0628. The average Bonchev–Trinajstić information content (AvgIpc) is 2.65. The van der Waals surface area contributed by atoms with Crippen LogP contribution < -0.4 is 10.6 Å². The van der Waals surface area contributed by atoms with E-state index in [0.717, 1.165) is 5.96 Å². The summed E-state index contributed by atoms with van der Waals surface area (Å²) in [6.07, 6.45) is 13.1. The van der Waals surface area contributed by atoms with Crippen molar-refractivity contribution in [3.05, 3.63) is 0 Å². The molecule has 2 rings (SSSR count). The molecule has 0 atom stereocenters. The lowest BCUT2D eigenvalue weighted by Crippen LogP contribution is -2.48. The Morgan fingerprint density at radius 2 is 1.28 bits per heavy atom. The van der Waals surface area contributed by atoms with Crippen LogP contribution in [0.2, 0.25) is 0 Å². The van der Waals surface area contributed by atoms with Gasteiger partial charge in [0.15, 0.2) is 5.96 Å². The predicted octanol–water partition coefficient (Wildman–Crippen LogP) is 2.21. The van der Waals surface area contributed by atoms with Crippen LogP contribution in [0.25, 0.3) is 0 Å². The molecule has 0 unspecified atom stereocenters. The number of hydrogen-bond donors (Lipinski definition) is 3. The fraction of sp³-hybridized carbons (Fsp3) is 0.947. The molecular weight excluding hydrogens is 318 g/mol. The SMILES string of the molecule is OCCOCCOCCN=C(NC1CCCCC1)NC1CCCCC1. The number of aliphatic hydroxyl groups excluding tert-OH is 1. The summed E-state index contributed by atoms with van der Waals surface area (Å²) >= 11 is 0. The van der Waals surface area contributed by atoms with Crippen molar-refractivity contribution in [3.8, 4) is 0 Å². The van der Waals surface area contributed by atoms with E-state index in [0.29, 0.717) is 45.1 Å². The quantitative estimate of drug-likeness (QED) is 0.318. The number of hydrogen-bond acceptors (Lipinski definition) is 4. The van der Waals surface area contributed by atoms with Crippen molar-refractivity contribution < 1.29 is 14.6 Å². The third-order valence-corrected chi connectivity index (χ3v) is 5.01. The molecule has 0 spiro atoms. The summed E-state index contributed by atoms with van der Waals surface area (Å²) in [4.78, 5) is 4.73. The molecule has 25 heavy (non-hydrogen) atoms. The van der Waals surface area contributed by atoms with Crippen LogP contribution in [-0.4, -0.2) is 62.7 Å². The molecule has 0 aliphatic heterocycles. The van der Waals surface area contributed by atoms with Crippen LogP contribution in [0.3, 0.4) is 0 Å². The maximum Gasteiger partial charge on any atom is 0.191 e. The highest BCUT2D eigenvalue weighted by Gasteiger charge is 2.18. The van der Waals surface area contributed by atoms with E-state index in [-0.39, 0.29) is 6.61 Å². The van der Waals surface area contributed by atoms with E-state index >= 15 is 0 Å². The maximum absolute atomic E-state index is 8.64. The molecule has 2 aliphatic rings. The molecule has 0 heterocycles. The zero-order valence-corrected chi connectivity index (χ0v) is 15.7. The first-order valence-electron chi connectivity index (χ1n) is 10.2. The van der Waals surface area contributed by atoms with E-state index in [2.05, 4.69) is 10.6 Å². The highest BCUT2D eigenvalue weighted by atomic mass is 16.5. The first kappa shape index (κ1) is 20.5. The van der Waals surface area contributed by atoms with Gasteiger partial charge in [-0.3, -0.25) is 4.99 Å². The summed E-state index contributed by atoms with van der Waals surface area (Å²) in [5, 5.41) is 15.9. The smallest absolute Gasteiger partial charge is 0.191 e. The van der Waals surface area contributed by atoms with Crippen LogP contribution in [0.1, 0.15) is 64.2 Å². The van der Waals surface area contributed by atoms with E-state index in [1.54, 1.807) is 0 Å². The van der Waals surface area contributed by atoms with E-state index in [9.17, 15) is 0 Å². The van der Waals surface area contributed by atoms with Crippen LogP contribution >= 0.6 is 0 Å². The van der Waals surface area contributed by atoms with Crippen LogP contribution in [0.4, 0.5) is 0 Å². The molecule has 0 aromatic rings. The average molecular weight is 356 g/mol. The number of ether oxygens (including phenoxy) is 2. The van der Waals surface area contributed by atoms with Gasteiger partial charge in [0.1, 0.15) is 0 Å². The van der Waals surface area contributed by atoms with Gasteiger partial charge in [-0.25, -0.2) is 0 Å². The van der Waals surface area contributed by atoms with Crippen molar-refractivity contribution in [1.82, 2.24) is 10.6 Å². The molecule has 0 saturated heterocycles. The highest BCUT2D eigenvalue weighted by molar-refractivity contribution is 5.80. The Labute approximate surface area is 152 Å². The van der Waals surface area contributed by atoms with Crippen molar-refractivity contribution in [2.24, 2.45) is 4.99 Å². The van der Waals surface area contributed by atoms with Crippen LogP contribution in [-0.2, 0) is 9.47 Å². The van der Waals surface area contributed by atoms with Gasteiger partial charge in [-0.2, -0.15) is 0 Å². The second-order valence-electron chi connectivity index (χ2n) is 7.14. The number of nitrogens with one attached hydrogen (secondary N) is 2. The Morgan fingerprint density at radius 3 is 1.80 bits per heavy atom. The largest absolute Gasteiger partial charge is 0.394 e. The van der Waals surface area contributed by atoms with Crippen molar-refractivity contribution in [2.75, 3.05) is 39.6 Å². The number of nitrogens with zero attached hydrogens (tertiary/aromatic N) is 1. The van der Waals surface area contributed by atoms with Crippen molar-refractivity contribution in [1.29, 1.82) is 0 Å². The molecule has 2 saturated carbocycles. The molecule has 2 aliphatic carbocycles. The zero-order valence-electron chi connectivity index (χ0n) is 15.7. The van der Waals surface area contributed by atoms with Crippen LogP contribution in [0, 0.1) is 0 Å². The van der Waals surface area contributed by atoms with Crippen molar-refractivity contribution in [2.45, 2.75) is 76.3 Å². The van der Waals surface area contributed by atoms with Crippen LogP contribution in [0.15, 0.2) is 4.99 Å². The van der Waals surface area contributed by atoms with Crippen LogP contribution in [0.5, 0.6) is 0 Å². The van der Waals surface area contributed by atoms with Gasteiger partial charge in [0.05, 0.1) is 39.6 Å². The number of guanidine groups is 1. The van der Waals surface area contributed by atoms with Gasteiger partial charge in [-0.05, 0) is 25.7 Å². The minimum Gasteiger partial charge on any atom is -0.394 e. The first-order chi connectivity index (χ1) is 12.4. The number of aliphatic hydroxyl groups is 1.